The normalized spacial score (nSPS) is 12.1. The van der Waals surface area contributed by atoms with Gasteiger partial charge in [0.1, 0.15) is 23.1 Å². The Morgan fingerprint density at radius 2 is 2.00 bits per heavy atom. The van der Waals surface area contributed by atoms with Gasteiger partial charge >= 0.3 is 6.18 Å². The minimum atomic E-state index is -4.67. The minimum Gasteiger partial charge on any atom is -0.393 e. The lowest BCUT2D eigenvalue weighted by Gasteiger charge is -2.13. The smallest absolute Gasteiger partial charge is 0.393 e. The molecule has 3 rings (SSSR count). The molecule has 2 aromatic heterocycles. The lowest BCUT2D eigenvalue weighted by Crippen LogP contribution is -2.40. The van der Waals surface area contributed by atoms with Gasteiger partial charge in [-0.2, -0.15) is 28.2 Å². The third-order valence-electron chi connectivity index (χ3n) is 4.20. The number of rotatable bonds is 5. The van der Waals surface area contributed by atoms with E-state index in [1.54, 1.807) is 6.07 Å². The van der Waals surface area contributed by atoms with Crippen molar-refractivity contribution in [1.82, 2.24) is 20.1 Å². The molecule has 2 N–H and O–H groups in total. The third kappa shape index (κ3) is 4.79. The van der Waals surface area contributed by atoms with Crippen molar-refractivity contribution in [2.24, 2.45) is 0 Å². The first-order valence-corrected chi connectivity index (χ1v) is 8.89. The Morgan fingerprint density at radius 3 is 2.56 bits per heavy atom. The summed E-state index contributed by atoms with van der Waals surface area (Å²) in [6, 6.07) is 7.77. The van der Waals surface area contributed by atoms with Gasteiger partial charge in [0.2, 0.25) is 0 Å². The van der Waals surface area contributed by atoms with Crippen LogP contribution in [0.25, 0.3) is 16.9 Å². The van der Waals surface area contributed by atoms with Crippen LogP contribution in [0.4, 0.5) is 17.6 Å². The molecule has 32 heavy (non-hydrogen) atoms. The largest absolute Gasteiger partial charge is 0.433 e. The number of amides is 1. The molecule has 0 saturated heterocycles. The van der Waals surface area contributed by atoms with Gasteiger partial charge in [-0.3, -0.25) is 14.6 Å². The van der Waals surface area contributed by atoms with E-state index in [0.717, 1.165) is 30.5 Å². The zero-order valence-electron chi connectivity index (χ0n) is 16.0. The zero-order valence-corrected chi connectivity index (χ0v) is 16.0. The second-order valence-corrected chi connectivity index (χ2v) is 6.41. The monoisotopic (exact) mass is 447 g/mol. The number of alkyl halides is 3. The predicted octanol–water partition coefficient (Wildman–Crippen LogP) is 2.07. The van der Waals surface area contributed by atoms with Crippen LogP contribution in [0.2, 0.25) is 0 Å². The van der Waals surface area contributed by atoms with Crippen molar-refractivity contribution in [1.29, 1.82) is 5.26 Å². The number of nitriles is 1. The number of nitrogens with zero attached hydrogens (tertiary/aromatic N) is 4. The summed E-state index contributed by atoms with van der Waals surface area (Å²) in [5.41, 5.74) is -2.80. The van der Waals surface area contributed by atoms with Gasteiger partial charge in [0.15, 0.2) is 0 Å². The molecule has 12 heteroatoms. The molecule has 3 aromatic rings. The second kappa shape index (κ2) is 8.94. The number of nitrogens with one attached hydrogen (secondary N) is 1. The first-order valence-electron chi connectivity index (χ1n) is 8.89. The summed E-state index contributed by atoms with van der Waals surface area (Å²) in [4.78, 5) is 28.7. The van der Waals surface area contributed by atoms with Crippen LogP contribution in [0.5, 0.6) is 0 Å². The minimum absolute atomic E-state index is 0.0381. The van der Waals surface area contributed by atoms with Gasteiger partial charge < -0.3 is 10.4 Å². The Bertz CT molecular complexity index is 1250. The second-order valence-electron chi connectivity index (χ2n) is 6.41. The fraction of sp³-hybridized carbons (Fsp3) is 0.150. The molecule has 0 spiro atoms. The number of carbonyl (C=O) groups excluding carboxylic acids is 1. The van der Waals surface area contributed by atoms with Gasteiger partial charge in [-0.05, 0) is 36.4 Å². The zero-order chi connectivity index (χ0) is 23.5. The number of hydrogen-bond acceptors (Lipinski definition) is 6. The number of carbonyl (C=O) groups is 1. The summed E-state index contributed by atoms with van der Waals surface area (Å²) in [5.74, 6) is -1.74. The predicted molar refractivity (Wildman–Crippen MR) is 102 cm³/mol. The molecule has 0 fully saturated rings. The molecule has 0 saturated carbocycles. The Hall–Kier alpha value is -4.11. The van der Waals surface area contributed by atoms with Crippen molar-refractivity contribution < 1.29 is 27.5 Å². The molecule has 0 aliphatic heterocycles. The first kappa shape index (κ1) is 22.6. The summed E-state index contributed by atoms with van der Waals surface area (Å²) < 4.78 is 52.8. The Balaban J connectivity index is 2.17. The Morgan fingerprint density at radius 1 is 1.25 bits per heavy atom. The fourth-order valence-corrected chi connectivity index (χ4v) is 2.65. The molecular formula is C20H13F4N5O3. The molecular weight excluding hydrogens is 434 g/mol. The highest BCUT2D eigenvalue weighted by molar-refractivity contribution is 5.95. The maximum Gasteiger partial charge on any atom is 0.433 e. The van der Waals surface area contributed by atoms with Crippen molar-refractivity contribution in [2.45, 2.75) is 12.2 Å². The van der Waals surface area contributed by atoms with Crippen LogP contribution in [0, 0.1) is 17.1 Å². The molecule has 1 unspecified atom stereocenters. The van der Waals surface area contributed by atoms with E-state index in [4.69, 9.17) is 10.4 Å². The van der Waals surface area contributed by atoms with E-state index in [1.807, 2.05) is 0 Å². The van der Waals surface area contributed by atoms with E-state index in [0.29, 0.717) is 10.7 Å². The fourth-order valence-electron chi connectivity index (χ4n) is 2.65. The van der Waals surface area contributed by atoms with Crippen LogP contribution in [0.15, 0.2) is 53.5 Å². The molecule has 0 aliphatic carbocycles. The number of aliphatic hydroxyl groups excluding tert-OH is 1. The highest BCUT2D eigenvalue weighted by Gasteiger charge is 2.32. The summed E-state index contributed by atoms with van der Waals surface area (Å²) in [6.45, 7) is -0.721. The van der Waals surface area contributed by atoms with Crippen molar-refractivity contribution in [3.8, 4) is 23.0 Å². The van der Waals surface area contributed by atoms with Crippen LogP contribution < -0.4 is 10.9 Å². The maximum absolute atomic E-state index is 13.7. The summed E-state index contributed by atoms with van der Waals surface area (Å²) >= 11 is 0. The van der Waals surface area contributed by atoms with Crippen molar-refractivity contribution >= 4 is 5.91 Å². The number of aromatic nitrogens is 3. The van der Waals surface area contributed by atoms with Crippen molar-refractivity contribution in [3.05, 3.63) is 76.1 Å². The summed E-state index contributed by atoms with van der Waals surface area (Å²) in [7, 11) is 0. The Labute approximate surface area is 177 Å². The first-order chi connectivity index (χ1) is 15.1. The van der Waals surface area contributed by atoms with Gasteiger partial charge in [0, 0.05) is 11.8 Å². The Kier molecular flexibility index (Phi) is 6.31. The lowest BCUT2D eigenvalue weighted by atomic mass is 10.1. The average molecular weight is 447 g/mol. The van der Waals surface area contributed by atoms with Gasteiger partial charge in [-0.25, -0.2) is 4.39 Å². The number of halogens is 4. The average Bonchev–Trinajstić information content (AvgIpc) is 2.77. The molecule has 0 aliphatic rings. The molecule has 0 bridgehead atoms. The van der Waals surface area contributed by atoms with E-state index in [2.05, 4.69) is 15.4 Å². The number of benzene rings is 1. The molecule has 0 radical (unpaired) electrons. The molecule has 1 amide bonds. The number of hydrogen-bond donors (Lipinski definition) is 2. The standard InChI is InChI=1S/C20H13F4N5O3/c21-12-2-1-3-14(6-12)29-19(32)15(18(31)27-13(8-25)10-30)7-16(28-29)11-4-5-17(26-9-11)20(22,23)24/h1-7,9,13,30H,10H2,(H,27,31). The lowest BCUT2D eigenvalue weighted by molar-refractivity contribution is -0.141. The summed E-state index contributed by atoms with van der Waals surface area (Å²) in [6.07, 6.45) is -3.81. The number of aliphatic hydroxyl groups is 1. The van der Waals surface area contributed by atoms with Crippen LogP contribution in [0.1, 0.15) is 16.1 Å². The van der Waals surface area contributed by atoms with E-state index < -0.39 is 47.4 Å². The highest BCUT2D eigenvalue weighted by Crippen LogP contribution is 2.28. The van der Waals surface area contributed by atoms with Gasteiger partial charge in [-0.15, -0.1) is 0 Å². The molecule has 1 atom stereocenters. The SMILES string of the molecule is N#CC(CO)NC(=O)c1cc(-c2ccc(C(F)(F)F)nc2)nn(-c2cccc(F)c2)c1=O. The van der Waals surface area contributed by atoms with Gasteiger partial charge in [0.25, 0.3) is 11.5 Å². The van der Waals surface area contributed by atoms with E-state index in [9.17, 15) is 27.2 Å². The maximum atomic E-state index is 13.7. The summed E-state index contributed by atoms with van der Waals surface area (Å²) in [5, 5.41) is 24.2. The molecule has 8 nitrogen and oxygen atoms in total. The van der Waals surface area contributed by atoms with Gasteiger partial charge in [-0.1, -0.05) is 6.07 Å². The van der Waals surface area contributed by atoms with Crippen LogP contribution >= 0.6 is 0 Å². The topological polar surface area (TPSA) is 121 Å². The van der Waals surface area contributed by atoms with Crippen molar-refractivity contribution in [3.63, 3.8) is 0 Å². The van der Waals surface area contributed by atoms with E-state index in [1.165, 1.54) is 12.1 Å². The van der Waals surface area contributed by atoms with Gasteiger partial charge in [0.05, 0.1) is 24.1 Å². The molecule has 1 aromatic carbocycles. The van der Waals surface area contributed by atoms with E-state index in [-0.39, 0.29) is 16.9 Å². The highest BCUT2D eigenvalue weighted by atomic mass is 19.4. The van der Waals surface area contributed by atoms with Crippen molar-refractivity contribution in [2.75, 3.05) is 6.61 Å². The van der Waals surface area contributed by atoms with Crippen LogP contribution in [-0.2, 0) is 6.18 Å². The molecule has 2 heterocycles. The number of pyridine rings is 1. The molecule has 164 valence electrons. The van der Waals surface area contributed by atoms with Crippen LogP contribution in [-0.4, -0.2) is 38.4 Å². The quantitative estimate of drug-likeness (QED) is 0.578. The van der Waals surface area contributed by atoms with E-state index >= 15 is 0 Å². The van der Waals surface area contributed by atoms with Crippen LogP contribution in [0.3, 0.4) is 0 Å². The third-order valence-corrected chi connectivity index (χ3v) is 4.20.